The lowest BCUT2D eigenvalue weighted by Gasteiger charge is -2.32. The molecule has 0 atom stereocenters. The van der Waals surface area contributed by atoms with Crippen molar-refractivity contribution >= 4 is 17.2 Å². The predicted molar refractivity (Wildman–Crippen MR) is 132 cm³/mol. The molecule has 0 amide bonds. The van der Waals surface area contributed by atoms with Gasteiger partial charge >= 0.3 is 0 Å². The van der Waals surface area contributed by atoms with Gasteiger partial charge < -0.3 is 19.9 Å². The maximum atomic E-state index is 15.3. The van der Waals surface area contributed by atoms with E-state index in [1.807, 2.05) is 25.2 Å². The van der Waals surface area contributed by atoms with Crippen LogP contribution in [0.5, 0.6) is 5.75 Å². The third-order valence-electron chi connectivity index (χ3n) is 6.88. The minimum absolute atomic E-state index is 0.136. The highest BCUT2D eigenvalue weighted by molar-refractivity contribution is 5.93. The van der Waals surface area contributed by atoms with Gasteiger partial charge in [-0.25, -0.2) is 4.39 Å². The van der Waals surface area contributed by atoms with Gasteiger partial charge in [0.2, 0.25) is 0 Å². The van der Waals surface area contributed by atoms with E-state index in [9.17, 15) is 4.79 Å². The van der Waals surface area contributed by atoms with Gasteiger partial charge in [0, 0.05) is 29.7 Å². The van der Waals surface area contributed by atoms with Gasteiger partial charge in [0.15, 0.2) is 6.29 Å². The van der Waals surface area contributed by atoms with Crippen LogP contribution in [0.1, 0.15) is 60.0 Å². The third-order valence-corrected chi connectivity index (χ3v) is 6.88. The number of benzene rings is 2. The van der Waals surface area contributed by atoms with Gasteiger partial charge in [0.1, 0.15) is 11.6 Å². The second-order valence-corrected chi connectivity index (χ2v) is 9.28. The number of likely N-dealkylation sites (N-methyl/N-ethyl adjacent to an activating group) is 1. The van der Waals surface area contributed by atoms with Crippen LogP contribution >= 0.6 is 0 Å². The van der Waals surface area contributed by atoms with Crippen LogP contribution in [0.3, 0.4) is 0 Å². The highest BCUT2D eigenvalue weighted by Crippen LogP contribution is 2.40. The fourth-order valence-corrected chi connectivity index (χ4v) is 5.11. The number of aldehydes is 1. The van der Waals surface area contributed by atoms with Gasteiger partial charge in [-0.1, -0.05) is 13.8 Å². The zero-order chi connectivity index (χ0) is 23.5. The smallest absolute Gasteiger partial charge is 0.153 e. The standard InChI is InChI=1S/C27H34FN3O2/c1-17(2)26-22-14-21(18-7-10-31(11-8-18)12-9-29-3)23(28)15-24(22)30-27(26)19-5-6-25(33-4)20(13-19)16-32/h5-6,13-18,29-30H,7-12H2,1-4H3. The van der Waals surface area contributed by atoms with Gasteiger partial charge in [-0.3, -0.25) is 4.79 Å². The van der Waals surface area contributed by atoms with E-state index >= 15 is 4.39 Å². The number of methoxy groups -OCH3 is 1. The van der Waals surface area contributed by atoms with Crippen LogP contribution in [0, 0.1) is 5.82 Å². The number of hydrogen-bond acceptors (Lipinski definition) is 4. The summed E-state index contributed by atoms with van der Waals surface area (Å²) in [5.74, 6) is 0.881. The molecule has 1 saturated heterocycles. The summed E-state index contributed by atoms with van der Waals surface area (Å²) in [6.45, 7) is 8.32. The molecule has 1 aromatic heterocycles. The number of piperidine rings is 1. The number of rotatable bonds is 8. The van der Waals surface area contributed by atoms with Crippen LogP contribution in [0.2, 0.25) is 0 Å². The van der Waals surface area contributed by atoms with E-state index in [-0.39, 0.29) is 17.7 Å². The molecule has 6 heteroatoms. The molecule has 0 spiro atoms. The average Bonchev–Trinajstić information content (AvgIpc) is 3.20. The molecule has 2 heterocycles. The van der Waals surface area contributed by atoms with Gasteiger partial charge in [0.05, 0.1) is 12.7 Å². The number of halogens is 1. The van der Waals surface area contributed by atoms with Crippen molar-refractivity contribution in [2.24, 2.45) is 0 Å². The van der Waals surface area contributed by atoms with E-state index < -0.39 is 0 Å². The van der Waals surface area contributed by atoms with E-state index in [0.717, 1.165) is 78.6 Å². The Labute approximate surface area is 195 Å². The van der Waals surface area contributed by atoms with Crippen LogP contribution < -0.4 is 10.1 Å². The van der Waals surface area contributed by atoms with Crippen LogP contribution in [-0.2, 0) is 0 Å². The number of aromatic amines is 1. The van der Waals surface area contributed by atoms with Crippen molar-refractivity contribution in [3.8, 4) is 17.0 Å². The Hall–Kier alpha value is -2.70. The Bertz CT molecular complexity index is 1130. The first-order chi connectivity index (χ1) is 16.0. The minimum atomic E-state index is -0.136. The highest BCUT2D eigenvalue weighted by Gasteiger charge is 2.25. The molecule has 0 saturated carbocycles. The molecule has 1 fully saturated rings. The van der Waals surface area contributed by atoms with Crippen molar-refractivity contribution in [1.82, 2.24) is 15.2 Å². The molecule has 2 N–H and O–H groups in total. The molecule has 1 aliphatic heterocycles. The lowest BCUT2D eigenvalue weighted by atomic mass is 9.87. The molecule has 2 aromatic carbocycles. The molecule has 176 valence electrons. The Morgan fingerprint density at radius 3 is 2.64 bits per heavy atom. The summed E-state index contributed by atoms with van der Waals surface area (Å²) in [6, 6.07) is 9.30. The molecule has 0 radical (unpaired) electrons. The minimum Gasteiger partial charge on any atom is -0.496 e. The van der Waals surface area contributed by atoms with Crippen molar-refractivity contribution in [2.45, 2.75) is 38.5 Å². The summed E-state index contributed by atoms with van der Waals surface area (Å²) in [7, 11) is 3.53. The molecule has 1 aliphatic rings. The van der Waals surface area contributed by atoms with Gasteiger partial charge in [-0.05, 0) is 91.8 Å². The summed E-state index contributed by atoms with van der Waals surface area (Å²) in [6.07, 6.45) is 2.75. The number of carbonyl (C=O) groups excluding carboxylic acids is 1. The second kappa shape index (κ2) is 10.1. The van der Waals surface area contributed by atoms with Crippen LogP contribution in [0.4, 0.5) is 4.39 Å². The molecular weight excluding hydrogens is 417 g/mol. The maximum Gasteiger partial charge on any atom is 0.153 e. The average molecular weight is 452 g/mol. The number of hydrogen-bond donors (Lipinski definition) is 2. The quantitative estimate of drug-likeness (QED) is 0.455. The first-order valence-corrected chi connectivity index (χ1v) is 11.8. The summed E-state index contributed by atoms with van der Waals surface area (Å²) >= 11 is 0. The third kappa shape index (κ3) is 4.68. The number of likely N-dealkylation sites (tertiary alicyclic amines) is 1. The van der Waals surface area contributed by atoms with Crippen molar-refractivity contribution in [1.29, 1.82) is 0 Å². The van der Waals surface area contributed by atoms with Crippen LogP contribution in [0.25, 0.3) is 22.2 Å². The molecule has 0 unspecified atom stereocenters. The lowest BCUT2D eigenvalue weighted by molar-refractivity contribution is 0.112. The predicted octanol–water partition coefficient (Wildman–Crippen LogP) is 5.32. The van der Waals surface area contributed by atoms with Crippen molar-refractivity contribution in [2.75, 3.05) is 40.3 Å². The normalized spacial score (nSPS) is 15.5. The molecule has 0 bridgehead atoms. The van der Waals surface area contributed by atoms with E-state index in [1.165, 1.54) is 0 Å². The van der Waals surface area contributed by atoms with E-state index in [1.54, 1.807) is 13.2 Å². The maximum absolute atomic E-state index is 15.3. The van der Waals surface area contributed by atoms with E-state index in [4.69, 9.17) is 4.74 Å². The Kier molecular flexibility index (Phi) is 7.15. The van der Waals surface area contributed by atoms with Gasteiger partial charge in [-0.2, -0.15) is 0 Å². The van der Waals surface area contributed by atoms with Gasteiger partial charge in [-0.15, -0.1) is 0 Å². The summed E-state index contributed by atoms with van der Waals surface area (Å²) in [5, 5.41) is 4.27. The first kappa shape index (κ1) is 23.5. The summed E-state index contributed by atoms with van der Waals surface area (Å²) in [5.41, 5.74) is 5.11. The number of nitrogens with one attached hydrogen (secondary N) is 2. The van der Waals surface area contributed by atoms with Gasteiger partial charge in [0.25, 0.3) is 0 Å². The molecule has 3 aromatic rings. The Balaban J connectivity index is 1.72. The number of carbonyl (C=O) groups is 1. The number of fused-ring (bicyclic) bond motifs is 1. The topological polar surface area (TPSA) is 57.4 Å². The fraction of sp³-hybridized carbons (Fsp3) is 0.444. The molecule has 5 nitrogen and oxygen atoms in total. The zero-order valence-electron chi connectivity index (χ0n) is 20.0. The number of H-pyrrole nitrogens is 1. The zero-order valence-corrected chi connectivity index (χ0v) is 20.0. The number of nitrogens with zero attached hydrogens (tertiary/aromatic N) is 1. The number of aromatic nitrogens is 1. The summed E-state index contributed by atoms with van der Waals surface area (Å²) in [4.78, 5) is 17.4. The van der Waals surface area contributed by atoms with Crippen molar-refractivity contribution in [3.63, 3.8) is 0 Å². The van der Waals surface area contributed by atoms with Crippen LogP contribution in [-0.4, -0.2) is 56.5 Å². The monoisotopic (exact) mass is 451 g/mol. The summed E-state index contributed by atoms with van der Waals surface area (Å²) < 4.78 is 20.6. The van der Waals surface area contributed by atoms with E-state index in [0.29, 0.717) is 11.3 Å². The molecule has 0 aliphatic carbocycles. The first-order valence-electron chi connectivity index (χ1n) is 11.8. The Morgan fingerprint density at radius 1 is 1.24 bits per heavy atom. The van der Waals surface area contributed by atoms with E-state index in [2.05, 4.69) is 35.1 Å². The largest absolute Gasteiger partial charge is 0.496 e. The molecular formula is C27H34FN3O2. The SMILES string of the molecule is CNCCN1CCC(c2cc3c(C(C)C)c(-c4ccc(OC)c(C=O)c4)[nH]c3cc2F)CC1. The fourth-order valence-electron chi connectivity index (χ4n) is 5.11. The van der Waals surface area contributed by atoms with Crippen LogP contribution in [0.15, 0.2) is 30.3 Å². The van der Waals surface area contributed by atoms with Crippen molar-refractivity contribution in [3.05, 3.63) is 52.8 Å². The molecule has 33 heavy (non-hydrogen) atoms. The van der Waals surface area contributed by atoms with Crippen molar-refractivity contribution < 1.29 is 13.9 Å². The molecule has 4 rings (SSSR count). The lowest BCUT2D eigenvalue weighted by Crippen LogP contribution is -2.37. The number of ether oxygens (including phenoxy) is 1. The second-order valence-electron chi connectivity index (χ2n) is 9.28. The highest BCUT2D eigenvalue weighted by atomic mass is 19.1. The Morgan fingerprint density at radius 2 is 2.00 bits per heavy atom.